The predicted octanol–water partition coefficient (Wildman–Crippen LogP) is 3.11. The highest BCUT2D eigenvalue weighted by Crippen LogP contribution is 2.19. The van der Waals surface area contributed by atoms with Crippen LogP contribution in [0.25, 0.3) is 0 Å². The zero-order chi connectivity index (χ0) is 19.1. The molecule has 0 spiro atoms. The van der Waals surface area contributed by atoms with Crippen molar-refractivity contribution >= 4 is 23.3 Å². The molecule has 6 nitrogen and oxygen atoms in total. The van der Waals surface area contributed by atoms with Crippen LogP contribution in [-0.4, -0.2) is 29.3 Å². The van der Waals surface area contributed by atoms with Crippen molar-refractivity contribution in [2.75, 3.05) is 11.9 Å². The van der Waals surface area contributed by atoms with Gasteiger partial charge in [0.15, 0.2) is 12.4 Å². The summed E-state index contributed by atoms with van der Waals surface area (Å²) in [6.45, 7) is -0.483. The second kappa shape index (κ2) is 8.53. The maximum Gasteiger partial charge on any atom is 0.357 e. The fraction of sp³-hybridized carbons (Fsp3) is 0.0476. The summed E-state index contributed by atoms with van der Waals surface area (Å²) in [7, 11) is 0. The predicted molar refractivity (Wildman–Crippen MR) is 99.5 cm³/mol. The Morgan fingerprint density at radius 2 is 1.56 bits per heavy atom. The molecule has 1 heterocycles. The van der Waals surface area contributed by atoms with E-state index in [4.69, 9.17) is 4.74 Å². The number of aromatic nitrogens is 1. The Morgan fingerprint density at radius 1 is 0.852 bits per heavy atom. The maximum absolute atomic E-state index is 12.7. The number of nitrogens with zero attached hydrogens (tertiary/aromatic N) is 1. The average Bonchev–Trinajstić information content (AvgIpc) is 2.73. The van der Waals surface area contributed by atoms with E-state index in [1.54, 1.807) is 60.7 Å². The van der Waals surface area contributed by atoms with Crippen molar-refractivity contribution in [3.8, 4) is 0 Å². The van der Waals surface area contributed by atoms with E-state index < -0.39 is 18.5 Å². The number of benzene rings is 2. The standard InChI is InChI=1S/C21H16N2O4/c24-19(14-27-21(26)18-12-6-7-13-22-18)23-17-11-5-4-10-16(17)20(25)15-8-2-1-3-9-15/h1-13H,14H2,(H,23,24). The van der Waals surface area contributed by atoms with Gasteiger partial charge in [-0.15, -0.1) is 0 Å². The highest BCUT2D eigenvalue weighted by molar-refractivity contribution is 6.13. The normalized spacial score (nSPS) is 10.1. The summed E-state index contributed by atoms with van der Waals surface area (Å²) in [4.78, 5) is 40.5. The van der Waals surface area contributed by atoms with Crippen LogP contribution in [0.3, 0.4) is 0 Å². The molecule has 27 heavy (non-hydrogen) atoms. The lowest BCUT2D eigenvalue weighted by Crippen LogP contribution is -2.22. The average molecular weight is 360 g/mol. The van der Waals surface area contributed by atoms with Crippen molar-refractivity contribution in [1.29, 1.82) is 0 Å². The van der Waals surface area contributed by atoms with Crippen LogP contribution in [0.5, 0.6) is 0 Å². The first-order valence-corrected chi connectivity index (χ1v) is 8.22. The number of anilines is 1. The molecule has 0 saturated heterocycles. The third-order valence-corrected chi connectivity index (χ3v) is 3.69. The van der Waals surface area contributed by atoms with Crippen LogP contribution in [0, 0.1) is 0 Å². The minimum absolute atomic E-state index is 0.116. The van der Waals surface area contributed by atoms with Crippen LogP contribution < -0.4 is 5.32 Å². The minimum Gasteiger partial charge on any atom is -0.451 e. The van der Waals surface area contributed by atoms with E-state index in [9.17, 15) is 14.4 Å². The van der Waals surface area contributed by atoms with Gasteiger partial charge in [-0.2, -0.15) is 0 Å². The Bertz CT molecular complexity index is 956. The van der Waals surface area contributed by atoms with Gasteiger partial charge in [0.25, 0.3) is 5.91 Å². The highest BCUT2D eigenvalue weighted by atomic mass is 16.5. The van der Waals surface area contributed by atoms with Crippen LogP contribution in [0.2, 0.25) is 0 Å². The summed E-state index contributed by atoms with van der Waals surface area (Å²) in [5.41, 5.74) is 1.34. The van der Waals surface area contributed by atoms with Gasteiger partial charge in [0.2, 0.25) is 0 Å². The van der Waals surface area contributed by atoms with Gasteiger partial charge in [-0.3, -0.25) is 9.59 Å². The quantitative estimate of drug-likeness (QED) is 0.539. The fourth-order valence-electron chi connectivity index (χ4n) is 2.41. The summed E-state index contributed by atoms with van der Waals surface area (Å²) in [6.07, 6.45) is 1.46. The Labute approximate surface area is 155 Å². The second-order valence-corrected chi connectivity index (χ2v) is 5.58. The highest BCUT2D eigenvalue weighted by Gasteiger charge is 2.16. The summed E-state index contributed by atoms with van der Waals surface area (Å²) in [5, 5.41) is 2.61. The summed E-state index contributed by atoms with van der Waals surface area (Å²) in [6, 6.07) is 20.2. The van der Waals surface area contributed by atoms with Gasteiger partial charge >= 0.3 is 5.97 Å². The van der Waals surface area contributed by atoms with Gasteiger partial charge in [-0.1, -0.05) is 48.5 Å². The lowest BCUT2D eigenvalue weighted by Gasteiger charge is -2.10. The number of nitrogens with one attached hydrogen (secondary N) is 1. The number of amides is 1. The topological polar surface area (TPSA) is 85.4 Å². The number of carbonyl (C=O) groups is 3. The Hall–Kier alpha value is -3.80. The number of pyridine rings is 1. The molecule has 1 amide bonds. The first kappa shape index (κ1) is 18.0. The Balaban J connectivity index is 1.66. The van der Waals surface area contributed by atoms with Gasteiger partial charge in [-0.25, -0.2) is 9.78 Å². The minimum atomic E-state index is -0.695. The maximum atomic E-state index is 12.7. The molecule has 0 bridgehead atoms. The van der Waals surface area contributed by atoms with Crippen molar-refractivity contribution in [3.05, 3.63) is 95.8 Å². The number of esters is 1. The fourth-order valence-corrected chi connectivity index (χ4v) is 2.41. The van der Waals surface area contributed by atoms with Crippen LogP contribution in [0.15, 0.2) is 79.0 Å². The number of hydrogen-bond acceptors (Lipinski definition) is 5. The zero-order valence-electron chi connectivity index (χ0n) is 14.3. The van der Waals surface area contributed by atoms with E-state index in [-0.39, 0.29) is 11.5 Å². The molecular formula is C21H16N2O4. The van der Waals surface area contributed by atoms with E-state index in [1.165, 1.54) is 12.3 Å². The molecule has 0 saturated carbocycles. The molecule has 1 N–H and O–H groups in total. The lowest BCUT2D eigenvalue weighted by molar-refractivity contribution is -0.119. The number of ketones is 1. The van der Waals surface area contributed by atoms with Crippen molar-refractivity contribution in [3.63, 3.8) is 0 Å². The van der Waals surface area contributed by atoms with Crippen LogP contribution >= 0.6 is 0 Å². The number of para-hydroxylation sites is 1. The number of carbonyl (C=O) groups excluding carboxylic acids is 3. The van der Waals surface area contributed by atoms with Gasteiger partial charge < -0.3 is 10.1 Å². The van der Waals surface area contributed by atoms with Crippen LogP contribution in [0.4, 0.5) is 5.69 Å². The SMILES string of the molecule is O=C(COC(=O)c1ccccn1)Nc1ccccc1C(=O)c1ccccc1. The van der Waals surface area contributed by atoms with Crippen molar-refractivity contribution in [1.82, 2.24) is 4.98 Å². The Kier molecular flexibility index (Phi) is 5.69. The van der Waals surface area contributed by atoms with E-state index in [1.807, 2.05) is 6.07 Å². The molecule has 6 heteroatoms. The van der Waals surface area contributed by atoms with Crippen molar-refractivity contribution in [2.24, 2.45) is 0 Å². The second-order valence-electron chi connectivity index (χ2n) is 5.58. The molecule has 2 aromatic carbocycles. The molecular weight excluding hydrogens is 344 g/mol. The summed E-state index contributed by atoms with van der Waals surface area (Å²) < 4.78 is 4.95. The molecule has 0 aliphatic rings. The molecule has 134 valence electrons. The van der Waals surface area contributed by atoms with E-state index in [2.05, 4.69) is 10.3 Å². The molecule has 0 radical (unpaired) electrons. The van der Waals surface area contributed by atoms with Crippen LogP contribution in [0.1, 0.15) is 26.4 Å². The number of ether oxygens (including phenoxy) is 1. The van der Waals surface area contributed by atoms with E-state index in [0.29, 0.717) is 16.8 Å². The van der Waals surface area contributed by atoms with E-state index in [0.717, 1.165) is 0 Å². The third kappa shape index (κ3) is 4.64. The molecule has 0 atom stereocenters. The summed E-state index contributed by atoms with van der Waals surface area (Å²) >= 11 is 0. The monoisotopic (exact) mass is 360 g/mol. The van der Waals surface area contributed by atoms with Crippen LogP contribution in [-0.2, 0) is 9.53 Å². The molecule has 3 aromatic rings. The van der Waals surface area contributed by atoms with Gasteiger partial charge in [-0.05, 0) is 24.3 Å². The van der Waals surface area contributed by atoms with Crippen molar-refractivity contribution in [2.45, 2.75) is 0 Å². The number of hydrogen-bond donors (Lipinski definition) is 1. The first-order chi connectivity index (χ1) is 13.1. The lowest BCUT2D eigenvalue weighted by atomic mass is 10.0. The molecule has 0 unspecified atom stereocenters. The Morgan fingerprint density at radius 3 is 2.30 bits per heavy atom. The first-order valence-electron chi connectivity index (χ1n) is 8.22. The zero-order valence-corrected chi connectivity index (χ0v) is 14.3. The van der Waals surface area contributed by atoms with E-state index >= 15 is 0 Å². The molecule has 0 fully saturated rings. The van der Waals surface area contributed by atoms with Gasteiger partial charge in [0, 0.05) is 17.3 Å². The van der Waals surface area contributed by atoms with Gasteiger partial charge in [0.05, 0.1) is 5.69 Å². The smallest absolute Gasteiger partial charge is 0.357 e. The number of rotatable bonds is 6. The molecule has 0 aliphatic heterocycles. The molecule has 0 aliphatic carbocycles. The molecule has 3 rings (SSSR count). The van der Waals surface area contributed by atoms with Gasteiger partial charge in [0.1, 0.15) is 5.69 Å². The largest absolute Gasteiger partial charge is 0.451 e. The third-order valence-electron chi connectivity index (χ3n) is 3.69. The molecule has 1 aromatic heterocycles. The van der Waals surface area contributed by atoms with Crippen molar-refractivity contribution < 1.29 is 19.1 Å². The summed E-state index contributed by atoms with van der Waals surface area (Å²) in [5.74, 6) is -1.45.